The maximum Gasteiger partial charge on any atom is 0.151 e. The van der Waals surface area contributed by atoms with Gasteiger partial charge in [-0.1, -0.05) is 24.6 Å². The van der Waals surface area contributed by atoms with Crippen LogP contribution < -0.4 is 0 Å². The normalized spacial score (nSPS) is 11.2. The molecule has 0 aliphatic heterocycles. The van der Waals surface area contributed by atoms with Crippen molar-refractivity contribution in [2.24, 2.45) is 0 Å². The second-order valence-electron chi connectivity index (χ2n) is 4.60. The maximum atomic E-state index is 14.0. The third kappa shape index (κ3) is 3.14. The van der Waals surface area contributed by atoms with Gasteiger partial charge in [-0.3, -0.25) is 5.10 Å². The highest BCUT2D eigenvalue weighted by Crippen LogP contribution is 2.28. The number of aromatic nitrogens is 2. The number of halogens is 2. The molecule has 1 aromatic heterocycles. The van der Waals surface area contributed by atoms with Gasteiger partial charge in [0.15, 0.2) is 5.82 Å². The average molecular weight is 282 g/mol. The maximum absolute atomic E-state index is 14.0. The molecule has 0 fully saturated rings. The molecular weight excluding hydrogens is 265 g/mol. The Morgan fingerprint density at radius 1 is 1.42 bits per heavy atom. The lowest BCUT2D eigenvalue weighted by atomic mass is 10.1. The summed E-state index contributed by atoms with van der Waals surface area (Å²) in [5, 5.41) is 7.07. The first-order valence-corrected chi connectivity index (χ1v) is 6.66. The van der Waals surface area contributed by atoms with E-state index in [0.29, 0.717) is 11.3 Å². The van der Waals surface area contributed by atoms with Crippen molar-refractivity contribution in [1.29, 1.82) is 0 Å². The summed E-state index contributed by atoms with van der Waals surface area (Å²) in [6, 6.07) is 4.96. The van der Waals surface area contributed by atoms with Crippen LogP contribution in [0.5, 0.6) is 0 Å². The Hall–Kier alpha value is -1.39. The molecule has 0 atom stereocenters. The summed E-state index contributed by atoms with van der Waals surface area (Å²) in [6.45, 7) is 3.84. The van der Waals surface area contributed by atoms with E-state index in [1.54, 1.807) is 12.1 Å². The first kappa shape index (κ1) is 14.0. The van der Waals surface area contributed by atoms with Crippen molar-refractivity contribution in [3.8, 4) is 11.3 Å². The second kappa shape index (κ2) is 6.17. The summed E-state index contributed by atoms with van der Waals surface area (Å²) in [7, 11) is 2.04. The van der Waals surface area contributed by atoms with Crippen LogP contribution >= 0.6 is 11.6 Å². The molecule has 0 amide bonds. The Morgan fingerprint density at radius 3 is 2.95 bits per heavy atom. The Morgan fingerprint density at radius 2 is 2.21 bits per heavy atom. The summed E-state index contributed by atoms with van der Waals surface area (Å²) >= 11 is 5.82. The van der Waals surface area contributed by atoms with Gasteiger partial charge in [0.1, 0.15) is 0 Å². The molecule has 102 valence electrons. The molecule has 0 saturated heterocycles. The lowest BCUT2D eigenvalue weighted by molar-refractivity contribution is 0.328. The molecule has 0 unspecified atom stereocenters. The molecule has 1 heterocycles. The van der Waals surface area contributed by atoms with Crippen molar-refractivity contribution < 1.29 is 4.39 Å². The van der Waals surface area contributed by atoms with Crippen molar-refractivity contribution in [2.45, 2.75) is 19.9 Å². The quantitative estimate of drug-likeness (QED) is 0.906. The van der Waals surface area contributed by atoms with E-state index in [9.17, 15) is 4.39 Å². The Balaban J connectivity index is 2.31. The highest BCUT2D eigenvalue weighted by Gasteiger charge is 2.15. The monoisotopic (exact) mass is 281 g/mol. The minimum atomic E-state index is -0.421. The number of H-pyrrole nitrogens is 1. The van der Waals surface area contributed by atoms with E-state index < -0.39 is 5.82 Å². The molecule has 19 heavy (non-hydrogen) atoms. The summed E-state index contributed by atoms with van der Waals surface area (Å²) in [5.74, 6) is -0.421. The molecule has 0 aliphatic carbocycles. The van der Waals surface area contributed by atoms with Crippen LogP contribution in [-0.4, -0.2) is 28.7 Å². The fourth-order valence-corrected chi connectivity index (χ4v) is 2.28. The Kier molecular flexibility index (Phi) is 4.56. The van der Waals surface area contributed by atoms with Gasteiger partial charge in [-0.25, -0.2) is 4.39 Å². The Labute approximate surface area is 117 Å². The van der Waals surface area contributed by atoms with Gasteiger partial charge in [0, 0.05) is 23.9 Å². The van der Waals surface area contributed by atoms with Crippen LogP contribution in [0.25, 0.3) is 11.3 Å². The number of nitrogens with zero attached hydrogens (tertiary/aromatic N) is 2. The molecule has 0 aliphatic rings. The number of aromatic amines is 1. The molecule has 3 nitrogen and oxygen atoms in total. The van der Waals surface area contributed by atoms with E-state index in [4.69, 9.17) is 11.6 Å². The van der Waals surface area contributed by atoms with Gasteiger partial charge in [0.25, 0.3) is 0 Å². The predicted octanol–water partition coefficient (Wildman–Crippen LogP) is 3.71. The summed E-state index contributed by atoms with van der Waals surface area (Å²) in [5.41, 5.74) is 2.04. The van der Waals surface area contributed by atoms with Gasteiger partial charge < -0.3 is 4.90 Å². The van der Waals surface area contributed by atoms with Crippen LogP contribution in [0.3, 0.4) is 0 Å². The highest BCUT2D eigenvalue weighted by atomic mass is 35.5. The topological polar surface area (TPSA) is 31.9 Å². The van der Waals surface area contributed by atoms with Gasteiger partial charge in [0.2, 0.25) is 0 Å². The van der Waals surface area contributed by atoms with Crippen LogP contribution in [0.15, 0.2) is 24.4 Å². The average Bonchev–Trinajstić information content (AvgIpc) is 2.81. The highest BCUT2D eigenvalue weighted by molar-refractivity contribution is 6.31. The van der Waals surface area contributed by atoms with Crippen molar-refractivity contribution in [3.63, 3.8) is 0 Å². The SMILES string of the molecule is CCCN(C)Cc1c[nH]nc1-c1cccc(Cl)c1F. The van der Waals surface area contributed by atoms with Crippen LogP contribution in [0.2, 0.25) is 5.02 Å². The van der Waals surface area contributed by atoms with Gasteiger partial charge in [-0.15, -0.1) is 0 Å². The summed E-state index contributed by atoms with van der Waals surface area (Å²) in [6.07, 6.45) is 2.89. The van der Waals surface area contributed by atoms with Gasteiger partial charge in [-0.05, 0) is 32.1 Å². The summed E-state index contributed by atoms with van der Waals surface area (Å²) in [4.78, 5) is 2.18. The molecule has 0 saturated carbocycles. The largest absolute Gasteiger partial charge is 0.302 e. The van der Waals surface area contributed by atoms with Gasteiger partial charge in [0.05, 0.1) is 10.7 Å². The third-order valence-electron chi connectivity index (χ3n) is 2.97. The van der Waals surface area contributed by atoms with Crippen LogP contribution in [-0.2, 0) is 6.54 Å². The third-order valence-corrected chi connectivity index (χ3v) is 3.26. The van der Waals surface area contributed by atoms with E-state index in [2.05, 4.69) is 22.0 Å². The molecule has 0 bridgehead atoms. The zero-order valence-corrected chi connectivity index (χ0v) is 11.8. The molecule has 5 heteroatoms. The van der Waals surface area contributed by atoms with Gasteiger partial charge in [-0.2, -0.15) is 5.10 Å². The van der Waals surface area contributed by atoms with E-state index in [0.717, 1.165) is 25.1 Å². The smallest absolute Gasteiger partial charge is 0.151 e. The lowest BCUT2D eigenvalue weighted by Gasteiger charge is -2.15. The van der Waals surface area contributed by atoms with Crippen molar-refractivity contribution in [1.82, 2.24) is 15.1 Å². The van der Waals surface area contributed by atoms with E-state index in [1.807, 2.05) is 13.2 Å². The molecule has 0 radical (unpaired) electrons. The number of nitrogens with one attached hydrogen (secondary N) is 1. The van der Waals surface area contributed by atoms with Crippen molar-refractivity contribution in [3.05, 3.63) is 40.8 Å². The number of benzene rings is 1. The predicted molar refractivity (Wildman–Crippen MR) is 75.6 cm³/mol. The van der Waals surface area contributed by atoms with Crippen LogP contribution in [0.1, 0.15) is 18.9 Å². The molecule has 2 aromatic rings. The Bertz CT molecular complexity index is 553. The fraction of sp³-hybridized carbons (Fsp3) is 0.357. The zero-order chi connectivity index (χ0) is 13.8. The van der Waals surface area contributed by atoms with Crippen molar-refractivity contribution in [2.75, 3.05) is 13.6 Å². The number of hydrogen-bond donors (Lipinski definition) is 1. The van der Waals surface area contributed by atoms with Crippen LogP contribution in [0, 0.1) is 5.82 Å². The first-order chi connectivity index (χ1) is 9.13. The van der Waals surface area contributed by atoms with E-state index >= 15 is 0 Å². The minimum Gasteiger partial charge on any atom is -0.302 e. The molecule has 0 spiro atoms. The zero-order valence-electron chi connectivity index (χ0n) is 11.1. The minimum absolute atomic E-state index is 0.119. The molecule has 1 aromatic carbocycles. The first-order valence-electron chi connectivity index (χ1n) is 6.29. The van der Waals surface area contributed by atoms with Crippen LogP contribution in [0.4, 0.5) is 4.39 Å². The van der Waals surface area contributed by atoms with Gasteiger partial charge >= 0.3 is 0 Å². The second-order valence-corrected chi connectivity index (χ2v) is 5.01. The molecule has 1 N–H and O–H groups in total. The standard InChI is InChI=1S/C14H17ClFN3/c1-3-7-19(2)9-10-8-17-18-14(10)11-5-4-6-12(15)13(11)16/h4-6,8H,3,7,9H2,1-2H3,(H,17,18). The lowest BCUT2D eigenvalue weighted by Crippen LogP contribution is -2.18. The van der Waals surface area contributed by atoms with E-state index in [-0.39, 0.29) is 5.02 Å². The molecule has 2 rings (SSSR count). The van der Waals surface area contributed by atoms with E-state index in [1.165, 1.54) is 6.07 Å². The summed E-state index contributed by atoms with van der Waals surface area (Å²) < 4.78 is 14.0. The number of hydrogen-bond acceptors (Lipinski definition) is 2. The molecular formula is C14H17ClFN3. The number of rotatable bonds is 5. The fourth-order valence-electron chi connectivity index (χ4n) is 2.11. The van der Waals surface area contributed by atoms with Crippen molar-refractivity contribution >= 4 is 11.6 Å².